The van der Waals surface area contributed by atoms with Crippen LogP contribution >= 0.6 is 23.2 Å². The van der Waals surface area contributed by atoms with Gasteiger partial charge in [-0.25, -0.2) is 4.79 Å². The Balaban J connectivity index is 2.98. The molecule has 0 aromatic heterocycles. The fourth-order valence-electron chi connectivity index (χ4n) is 1.46. The Morgan fingerprint density at radius 1 is 1.47 bits per heavy atom. The Hall–Kier alpha value is -1.13. The van der Waals surface area contributed by atoms with E-state index in [4.69, 9.17) is 28.3 Å². The molecule has 0 saturated carbocycles. The number of aromatic hydroxyl groups is 1. The fraction of sp³-hybridized carbons (Fsp3) is 0.364. The number of halogens is 2. The normalized spacial score (nSPS) is 10.6. The third kappa shape index (κ3) is 3.98. The van der Waals surface area contributed by atoms with Crippen molar-refractivity contribution in [1.82, 2.24) is 0 Å². The number of rotatable bonds is 4. The molecule has 94 valence electrons. The minimum absolute atomic E-state index is 0.0844. The molecular formula is C11H12Cl2O4. The number of ether oxygens (including phenoxy) is 1. The molecule has 0 spiro atoms. The second-order valence-corrected chi connectivity index (χ2v) is 4.78. The van der Waals surface area contributed by atoms with Gasteiger partial charge in [-0.3, -0.25) is 0 Å². The molecule has 0 aliphatic rings. The summed E-state index contributed by atoms with van der Waals surface area (Å²) >= 11 is 11.2. The number of carbonyl (C=O) groups is 1. The summed E-state index contributed by atoms with van der Waals surface area (Å²) in [6.45, 7) is 1.80. The van der Waals surface area contributed by atoms with Crippen LogP contribution in [0.2, 0.25) is 0 Å². The molecule has 0 amide bonds. The molecule has 0 saturated heterocycles. The van der Waals surface area contributed by atoms with Crippen LogP contribution < -0.4 is 4.74 Å². The first-order chi connectivity index (χ1) is 7.91. The van der Waals surface area contributed by atoms with Crippen LogP contribution in [0.5, 0.6) is 11.5 Å². The van der Waals surface area contributed by atoms with Gasteiger partial charge in [0.15, 0.2) is 11.5 Å². The maximum absolute atomic E-state index is 10.4. The Morgan fingerprint density at radius 3 is 2.65 bits per heavy atom. The SMILES string of the molecule is Cc1ccc(OC(=O)O)c(O)c1CCC(Cl)Cl. The number of hydrogen-bond donors (Lipinski definition) is 2. The lowest BCUT2D eigenvalue weighted by molar-refractivity contribution is 0.143. The minimum atomic E-state index is -1.47. The van der Waals surface area contributed by atoms with E-state index in [2.05, 4.69) is 4.74 Å². The first-order valence-electron chi connectivity index (χ1n) is 4.92. The first-order valence-corrected chi connectivity index (χ1v) is 5.79. The van der Waals surface area contributed by atoms with Gasteiger partial charge in [-0.05, 0) is 31.4 Å². The van der Waals surface area contributed by atoms with Crippen molar-refractivity contribution >= 4 is 29.4 Å². The molecule has 1 rings (SSSR count). The Kier molecular flexibility index (Phi) is 4.90. The van der Waals surface area contributed by atoms with Gasteiger partial charge in [0.2, 0.25) is 0 Å². The zero-order valence-electron chi connectivity index (χ0n) is 9.11. The van der Waals surface area contributed by atoms with Gasteiger partial charge in [0.1, 0.15) is 4.84 Å². The van der Waals surface area contributed by atoms with Crippen molar-refractivity contribution < 1.29 is 19.7 Å². The van der Waals surface area contributed by atoms with Crippen molar-refractivity contribution in [2.45, 2.75) is 24.6 Å². The lowest BCUT2D eigenvalue weighted by atomic mass is 10.0. The second kappa shape index (κ2) is 5.98. The third-order valence-corrected chi connectivity index (χ3v) is 2.73. The Morgan fingerprint density at radius 2 is 2.12 bits per heavy atom. The van der Waals surface area contributed by atoms with Crippen molar-refractivity contribution in [2.75, 3.05) is 0 Å². The van der Waals surface area contributed by atoms with Crippen molar-refractivity contribution in [3.05, 3.63) is 23.3 Å². The van der Waals surface area contributed by atoms with Gasteiger partial charge in [-0.15, -0.1) is 23.2 Å². The number of aryl methyl sites for hydroxylation is 1. The Bertz CT molecular complexity index is 418. The average Bonchev–Trinajstić information content (AvgIpc) is 2.21. The standard InChI is InChI=1S/C11H12Cl2O4/c1-6-2-4-8(17-11(15)16)10(14)7(6)3-5-9(12)13/h2,4,9,14H,3,5H2,1H3,(H,15,16). The predicted octanol–water partition coefficient (Wildman–Crippen LogP) is 3.49. The molecule has 2 N–H and O–H groups in total. The molecule has 0 bridgehead atoms. The summed E-state index contributed by atoms with van der Waals surface area (Å²) in [5, 5.41) is 18.4. The minimum Gasteiger partial charge on any atom is -0.504 e. The van der Waals surface area contributed by atoms with E-state index in [1.165, 1.54) is 6.07 Å². The number of carboxylic acid groups (broad SMARTS) is 1. The van der Waals surface area contributed by atoms with E-state index < -0.39 is 11.0 Å². The maximum atomic E-state index is 10.4. The smallest absolute Gasteiger partial charge is 0.504 e. The summed E-state index contributed by atoms with van der Waals surface area (Å²) in [5.41, 5.74) is 1.42. The van der Waals surface area contributed by atoms with E-state index in [0.717, 1.165) is 5.56 Å². The van der Waals surface area contributed by atoms with Gasteiger partial charge in [0.25, 0.3) is 0 Å². The summed E-state index contributed by atoms with van der Waals surface area (Å²) in [6.07, 6.45) is -0.553. The highest BCUT2D eigenvalue weighted by Crippen LogP contribution is 2.33. The van der Waals surface area contributed by atoms with Crippen LogP contribution in [0.3, 0.4) is 0 Å². The van der Waals surface area contributed by atoms with Crippen LogP contribution in [0.4, 0.5) is 4.79 Å². The van der Waals surface area contributed by atoms with E-state index >= 15 is 0 Å². The van der Waals surface area contributed by atoms with E-state index in [0.29, 0.717) is 18.4 Å². The lowest BCUT2D eigenvalue weighted by Gasteiger charge is -2.11. The maximum Gasteiger partial charge on any atom is 0.511 e. The van der Waals surface area contributed by atoms with E-state index in [9.17, 15) is 9.90 Å². The predicted molar refractivity (Wildman–Crippen MR) is 65.3 cm³/mol. The molecule has 4 nitrogen and oxygen atoms in total. The summed E-state index contributed by atoms with van der Waals surface area (Å²) in [6, 6.07) is 3.08. The summed E-state index contributed by atoms with van der Waals surface area (Å²) < 4.78 is 4.45. The molecule has 6 heteroatoms. The van der Waals surface area contributed by atoms with Crippen molar-refractivity contribution in [2.24, 2.45) is 0 Å². The van der Waals surface area contributed by atoms with Gasteiger partial charge in [0.05, 0.1) is 0 Å². The Labute approximate surface area is 109 Å². The summed E-state index contributed by atoms with van der Waals surface area (Å²) in [7, 11) is 0. The molecule has 0 radical (unpaired) electrons. The van der Waals surface area contributed by atoms with Crippen LogP contribution in [0, 0.1) is 6.92 Å². The van der Waals surface area contributed by atoms with Crippen LogP contribution in [-0.4, -0.2) is 21.2 Å². The lowest BCUT2D eigenvalue weighted by Crippen LogP contribution is -2.05. The van der Waals surface area contributed by atoms with Gasteiger partial charge >= 0.3 is 6.16 Å². The molecule has 0 fully saturated rings. The van der Waals surface area contributed by atoms with Gasteiger partial charge in [-0.1, -0.05) is 6.07 Å². The van der Waals surface area contributed by atoms with Gasteiger partial charge < -0.3 is 14.9 Å². The molecule has 0 atom stereocenters. The highest BCUT2D eigenvalue weighted by molar-refractivity contribution is 6.44. The molecule has 0 heterocycles. The highest BCUT2D eigenvalue weighted by atomic mass is 35.5. The van der Waals surface area contributed by atoms with E-state index in [1.54, 1.807) is 13.0 Å². The highest BCUT2D eigenvalue weighted by Gasteiger charge is 2.14. The summed E-state index contributed by atoms with van der Waals surface area (Å²) in [4.78, 5) is 9.88. The van der Waals surface area contributed by atoms with E-state index in [1.807, 2.05) is 0 Å². The number of benzene rings is 1. The fourth-order valence-corrected chi connectivity index (χ4v) is 1.68. The average molecular weight is 279 g/mol. The van der Waals surface area contributed by atoms with E-state index in [-0.39, 0.29) is 11.5 Å². The zero-order chi connectivity index (χ0) is 13.0. The molecule has 1 aromatic carbocycles. The molecule has 0 aliphatic heterocycles. The number of phenols is 1. The molecular weight excluding hydrogens is 267 g/mol. The van der Waals surface area contributed by atoms with Crippen LogP contribution in [-0.2, 0) is 6.42 Å². The number of phenolic OH excluding ortho intramolecular Hbond substituents is 1. The number of alkyl halides is 2. The molecule has 0 unspecified atom stereocenters. The van der Waals surface area contributed by atoms with Crippen LogP contribution in [0.15, 0.2) is 12.1 Å². The van der Waals surface area contributed by atoms with Crippen molar-refractivity contribution in [3.8, 4) is 11.5 Å². The largest absolute Gasteiger partial charge is 0.511 e. The van der Waals surface area contributed by atoms with Gasteiger partial charge in [-0.2, -0.15) is 0 Å². The van der Waals surface area contributed by atoms with Crippen molar-refractivity contribution in [1.29, 1.82) is 0 Å². The monoisotopic (exact) mass is 278 g/mol. The first kappa shape index (κ1) is 13.9. The quantitative estimate of drug-likeness (QED) is 0.503. The van der Waals surface area contributed by atoms with Gasteiger partial charge in [0, 0.05) is 5.56 Å². The third-order valence-electron chi connectivity index (χ3n) is 2.29. The summed E-state index contributed by atoms with van der Waals surface area (Å²) in [5.74, 6) is -0.264. The molecule has 1 aromatic rings. The molecule has 17 heavy (non-hydrogen) atoms. The van der Waals surface area contributed by atoms with Crippen molar-refractivity contribution in [3.63, 3.8) is 0 Å². The topological polar surface area (TPSA) is 66.8 Å². The zero-order valence-corrected chi connectivity index (χ0v) is 10.6. The molecule has 0 aliphatic carbocycles. The second-order valence-electron chi connectivity index (χ2n) is 3.51. The van der Waals surface area contributed by atoms with Crippen LogP contribution in [0.25, 0.3) is 0 Å². The number of hydrogen-bond acceptors (Lipinski definition) is 3. The van der Waals surface area contributed by atoms with Crippen LogP contribution in [0.1, 0.15) is 17.5 Å².